The van der Waals surface area contributed by atoms with E-state index in [0.717, 1.165) is 24.8 Å². The number of nitrogens with two attached hydrogens (primary N) is 1. The maximum Gasteiger partial charge on any atom is 0.227 e. The Morgan fingerprint density at radius 2 is 2.11 bits per heavy atom. The molecule has 0 heterocycles. The van der Waals surface area contributed by atoms with Crippen LogP contribution in [0.25, 0.3) is 0 Å². The number of phenols is 1. The zero-order chi connectivity index (χ0) is 14.0. The lowest BCUT2D eigenvalue weighted by atomic mass is 10.00. The molecule has 0 saturated heterocycles. The Balaban J connectivity index is 2.13. The fourth-order valence-corrected chi connectivity index (χ4v) is 2.80. The first-order chi connectivity index (χ1) is 9.02. The van der Waals surface area contributed by atoms with Crippen LogP contribution in [0.2, 0.25) is 0 Å². The van der Waals surface area contributed by atoms with E-state index in [4.69, 9.17) is 5.73 Å². The average molecular weight is 262 g/mol. The van der Waals surface area contributed by atoms with E-state index in [0.29, 0.717) is 0 Å². The van der Waals surface area contributed by atoms with Crippen LogP contribution >= 0.6 is 0 Å². The standard InChI is InChI=1S/C15H22N2O2/c1-10(11-6-3-4-9-14(11)18)17(2)15(19)12-7-5-8-13(12)16/h3-4,6,9-10,12-13,18H,5,7-8,16H2,1-2H3. The van der Waals surface area contributed by atoms with Crippen LogP contribution in [0.3, 0.4) is 0 Å². The summed E-state index contributed by atoms with van der Waals surface area (Å²) in [6.07, 6.45) is 2.82. The number of nitrogens with zero attached hydrogens (tertiary/aromatic N) is 1. The molecule has 0 radical (unpaired) electrons. The minimum Gasteiger partial charge on any atom is -0.508 e. The molecule has 0 spiro atoms. The minimum atomic E-state index is -0.151. The van der Waals surface area contributed by atoms with Gasteiger partial charge in [0.1, 0.15) is 5.75 Å². The fourth-order valence-electron chi connectivity index (χ4n) is 2.80. The van der Waals surface area contributed by atoms with Gasteiger partial charge in [0.25, 0.3) is 0 Å². The third-order valence-corrected chi connectivity index (χ3v) is 4.20. The Bertz CT molecular complexity index is 461. The van der Waals surface area contributed by atoms with Crippen LogP contribution in [0.1, 0.15) is 37.8 Å². The molecular formula is C15H22N2O2. The summed E-state index contributed by atoms with van der Waals surface area (Å²) >= 11 is 0. The number of benzene rings is 1. The van der Waals surface area contributed by atoms with Gasteiger partial charge < -0.3 is 15.7 Å². The van der Waals surface area contributed by atoms with Gasteiger partial charge in [0.15, 0.2) is 0 Å². The zero-order valence-corrected chi connectivity index (χ0v) is 11.5. The molecule has 4 heteroatoms. The first-order valence-electron chi connectivity index (χ1n) is 6.82. The highest BCUT2D eigenvalue weighted by Gasteiger charge is 2.34. The molecule has 0 aliphatic heterocycles. The number of rotatable bonds is 3. The maximum atomic E-state index is 12.4. The van der Waals surface area contributed by atoms with Crippen molar-refractivity contribution in [3.05, 3.63) is 29.8 Å². The summed E-state index contributed by atoms with van der Waals surface area (Å²) < 4.78 is 0. The molecule has 1 aliphatic carbocycles. The van der Waals surface area contributed by atoms with Gasteiger partial charge in [0, 0.05) is 18.7 Å². The van der Waals surface area contributed by atoms with Gasteiger partial charge in [-0.25, -0.2) is 0 Å². The second kappa shape index (κ2) is 5.61. The van der Waals surface area contributed by atoms with E-state index < -0.39 is 0 Å². The molecule has 1 amide bonds. The second-order valence-electron chi connectivity index (χ2n) is 5.39. The van der Waals surface area contributed by atoms with E-state index in [2.05, 4.69) is 0 Å². The molecule has 1 aliphatic rings. The Labute approximate surface area is 114 Å². The average Bonchev–Trinajstić information content (AvgIpc) is 2.83. The number of amides is 1. The highest BCUT2D eigenvalue weighted by Crippen LogP contribution is 2.31. The van der Waals surface area contributed by atoms with E-state index in [1.165, 1.54) is 0 Å². The number of phenolic OH excluding ortho intramolecular Hbond substituents is 1. The lowest BCUT2D eigenvalue weighted by molar-refractivity contribution is -0.136. The topological polar surface area (TPSA) is 66.6 Å². The van der Waals surface area contributed by atoms with E-state index in [9.17, 15) is 9.90 Å². The summed E-state index contributed by atoms with van der Waals surface area (Å²) in [5.41, 5.74) is 6.76. The van der Waals surface area contributed by atoms with Crippen molar-refractivity contribution in [2.45, 2.75) is 38.3 Å². The van der Waals surface area contributed by atoms with Gasteiger partial charge in [-0.2, -0.15) is 0 Å². The second-order valence-corrected chi connectivity index (χ2v) is 5.39. The third-order valence-electron chi connectivity index (χ3n) is 4.20. The van der Waals surface area contributed by atoms with E-state index in [1.807, 2.05) is 19.1 Å². The summed E-state index contributed by atoms with van der Waals surface area (Å²) in [5, 5.41) is 9.87. The van der Waals surface area contributed by atoms with Crippen molar-refractivity contribution in [3.8, 4) is 5.75 Å². The number of carbonyl (C=O) groups is 1. The maximum absolute atomic E-state index is 12.4. The van der Waals surface area contributed by atoms with Crippen LogP contribution in [-0.4, -0.2) is 29.0 Å². The van der Waals surface area contributed by atoms with Crippen LogP contribution in [0.5, 0.6) is 5.75 Å². The predicted molar refractivity (Wildman–Crippen MR) is 74.6 cm³/mol. The van der Waals surface area contributed by atoms with Crippen LogP contribution in [0.15, 0.2) is 24.3 Å². The number of hydrogen-bond acceptors (Lipinski definition) is 3. The van der Waals surface area contributed by atoms with Gasteiger partial charge in [-0.3, -0.25) is 4.79 Å². The van der Waals surface area contributed by atoms with Crippen molar-refractivity contribution in [1.29, 1.82) is 0 Å². The lowest BCUT2D eigenvalue weighted by Crippen LogP contribution is -2.40. The molecule has 1 saturated carbocycles. The van der Waals surface area contributed by atoms with Gasteiger partial charge >= 0.3 is 0 Å². The number of para-hydroxylation sites is 1. The Morgan fingerprint density at radius 1 is 1.42 bits per heavy atom. The van der Waals surface area contributed by atoms with Crippen molar-refractivity contribution in [2.75, 3.05) is 7.05 Å². The van der Waals surface area contributed by atoms with Crippen molar-refractivity contribution in [2.24, 2.45) is 11.7 Å². The molecule has 19 heavy (non-hydrogen) atoms. The molecule has 4 nitrogen and oxygen atoms in total. The Hall–Kier alpha value is -1.55. The molecule has 3 unspecified atom stereocenters. The highest BCUT2D eigenvalue weighted by atomic mass is 16.3. The van der Waals surface area contributed by atoms with E-state index in [1.54, 1.807) is 24.1 Å². The van der Waals surface area contributed by atoms with Gasteiger partial charge in [0.2, 0.25) is 5.91 Å². The van der Waals surface area contributed by atoms with Crippen molar-refractivity contribution in [1.82, 2.24) is 4.90 Å². The SMILES string of the molecule is CC(c1ccccc1O)N(C)C(=O)C1CCCC1N. The Kier molecular flexibility index (Phi) is 4.10. The quantitative estimate of drug-likeness (QED) is 0.876. The molecule has 1 aromatic carbocycles. The minimum absolute atomic E-state index is 0.0217. The summed E-state index contributed by atoms with van der Waals surface area (Å²) in [4.78, 5) is 14.1. The van der Waals surface area contributed by atoms with Crippen molar-refractivity contribution < 1.29 is 9.90 Å². The number of aromatic hydroxyl groups is 1. The van der Waals surface area contributed by atoms with Crippen LogP contribution < -0.4 is 5.73 Å². The van der Waals surface area contributed by atoms with Crippen molar-refractivity contribution >= 4 is 5.91 Å². The summed E-state index contributed by atoms with van der Waals surface area (Å²) in [7, 11) is 1.78. The van der Waals surface area contributed by atoms with Gasteiger partial charge in [-0.15, -0.1) is 0 Å². The first-order valence-corrected chi connectivity index (χ1v) is 6.82. The Morgan fingerprint density at radius 3 is 2.68 bits per heavy atom. The molecule has 104 valence electrons. The van der Waals surface area contributed by atoms with Crippen LogP contribution in [0.4, 0.5) is 0 Å². The lowest BCUT2D eigenvalue weighted by Gasteiger charge is -2.29. The fraction of sp³-hybridized carbons (Fsp3) is 0.533. The largest absolute Gasteiger partial charge is 0.508 e. The molecule has 2 rings (SSSR count). The summed E-state index contributed by atoms with van der Waals surface area (Å²) in [6.45, 7) is 1.92. The van der Waals surface area contributed by atoms with Crippen LogP contribution in [-0.2, 0) is 4.79 Å². The number of carbonyl (C=O) groups excluding carboxylic acids is 1. The van der Waals surface area contributed by atoms with Crippen molar-refractivity contribution in [3.63, 3.8) is 0 Å². The normalized spacial score (nSPS) is 24.2. The molecular weight excluding hydrogens is 240 g/mol. The number of hydrogen-bond donors (Lipinski definition) is 2. The van der Waals surface area contributed by atoms with E-state index in [-0.39, 0.29) is 29.7 Å². The molecule has 3 atom stereocenters. The molecule has 0 bridgehead atoms. The molecule has 0 aromatic heterocycles. The molecule has 1 aromatic rings. The summed E-state index contributed by atoms with van der Waals surface area (Å²) in [5.74, 6) is 0.240. The zero-order valence-electron chi connectivity index (χ0n) is 11.5. The van der Waals surface area contributed by atoms with Gasteiger partial charge in [-0.05, 0) is 25.8 Å². The van der Waals surface area contributed by atoms with Gasteiger partial charge in [0.05, 0.1) is 12.0 Å². The molecule has 1 fully saturated rings. The van der Waals surface area contributed by atoms with E-state index >= 15 is 0 Å². The third kappa shape index (κ3) is 2.73. The molecule has 3 N–H and O–H groups in total. The van der Waals surface area contributed by atoms with Gasteiger partial charge in [-0.1, -0.05) is 24.6 Å². The monoisotopic (exact) mass is 262 g/mol. The smallest absolute Gasteiger partial charge is 0.227 e. The highest BCUT2D eigenvalue weighted by molar-refractivity contribution is 5.80. The van der Waals surface area contributed by atoms with Crippen LogP contribution in [0, 0.1) is 5.92 Å². The first kappa shape index (κ1) is 13.9. The predicted octanol–water partition coefficient (Wildman–Crippen LogP) is 2.04. The summed E-state index contributed by atoms with van der Waals surface area (Å²) in [6, 6.07) is 6.96.